The molecule has 0 amide bonds. The quantitative estimate of drug-likeness (QED) is 0.672. The van der Waals surface area contributed by atoms with E-state index in [2.05, 4.69) is 19.2 Å². The number of nitrogens with one attached hydrogen (secondary N) is 1. The molecule has 0 aliphatic rings. The number of aromatic hydroxyl groups is 1. The summed E-state index contributed by atoms with van der Waals surface area (Å²) in [5.41, 5.74) is -0.239. The second-order valence-electron chi connectivity index (χ2n) is 1.86. The molecule has 0 radical (unpaired) electrons. The zero-order valence-electron chi connectivity index (χ0n) is 8.06. The number of aromatic nitrogens is 2. The van der Waals surface area contributed by atoms with Gasteiger partial charge >= 0.3 is 7.60 Å². The van der Waals surface area contributed by atoms with E-state index in [1.54, 1.807) is 0 Å². The number of aromatic amines is 1. The van der Waals surface area contributed by atoms with Crippen molar-refractivity contribution in [2.75, 3.05) is 14.2 Å². The normalized spacial score (nSPS) is 14.0. The average molecular weight is 194 g/mol. The molecule has 0 atom stereocenters. The molecule has 1 aromatic heterocycles. The first-order chi connectivity index (χ1) is 6.64. The number of hydrogen-bond acceptors (Lipinski definition) is 5. The van der Waals surface area contributed by atoms with Crippen molar-refractivity contribution in [3.63, 3.8) is 0 Å². The van der Waals surface area contributed by atoms with E-state index in [0.29, 0.717) is 0 Å². The van der Waals surface area contributed by atoms with Crippen LogP contribution in [0.4, 0.5) is 0 Å². The minimum absolute atomic E-state index is 0.239. The summed E-state index contributed by atoms with van der Waals surface area (Å²) >= 11 is 0. The summed E-state index contributed by atoms with van der Waals surface area (Å²) in [7, 11) is -5.01. The third-order valence-corrected chi connectivity index (χ3v) is 2.77. The fourth-order valence-electron chi connectivity index (χ4n) is 0.641. The number of H-pyrrole nitrogens is 1. The van der Waals surface area contributed by atoms with Gasteiger partial charge in [-0.2, -0.15) is 5.10 Å². The third-order valence-electron chi connectivity index (χ3n) is 1.21. The van der Waals surface area contributed by atoms with Gasteiger partial charge in [-0.05, 0) is 0 Å². The summed E-state index contributed by atoms with van der Waals surface area (Å²) in [4.78, 5) is 0. The Morgan fingerprint density at radius 2 is 2.42 bits per heavy atom. The minimum Gasteiger partial charge on any atom is -0.504 e. The monoisotopic (exact) mass is 194 g/mol. The topological polar surface area (TPSA) is 84.4 Å². The molecule has 0 aliphatic carbocycles. The molecule has 0 unspecified atom stereocenters. The maximum atomic E-state index is 11.8. The van der Waals surface area contributed by atoms with Gasteiger partial charge in [0.25, 0.3) is 0 Å². The molecule has 1 rings (SSSR count). The Morgan fingerprint density at radius 3 is 2.83 bits per heavy atom. The van der Waals surface area contributed by atoms with Gasteiger partial charge in [0.05, 0.1) is 8.94 Å². The summed E-state index contributed by atoms with van der Waals surface area (Å²) < 4.78 is 34.4. The van der Waals surface area contributed by atoms with Gasteiger partial charge in [-0.3, -0.25) is 9.66 Å². The van der Waals surface area contributed by atoms with E-state index < -0.39 is 21.8 Å². The van der Waals surface area contributed by atoms with Gasteiger partial charge in [0.2, 0.25) is 0 Å². The number of hydrogen-bond donors (Lipinski definition) is 2. The van der Waals surface area contributed by atoms with Gasteiger partial charge in [0, 0.05) is 14.2 Å². The van der Waals surface area contributed by atoms with Crippen LogP contribution in [0.15, 0.2) is 6.20 Å². The van der Waals surface area contributed by atoms with Crippen LogP contribution in [-0.4, -0.2) is 29.5 Å². The van der Waals surface area contributed by atoms with Crippen LogP contribution < -0.4 is 5.44 Å². The van der Waals surface area contributed by atoms with Crippen molar-refractivity contribution >= 4 is 13.0 Å². The first-order valence-corrected chi connectivity index (χ1v) is 4.39. The molecule has 2 N–H and O–H groups in total. The van der Waals surface area contributed by atoms with Crippen LogP contribution in [0.25, 0.3) is 0 Å². The van der Waals surface area contributed by atoms with Gasteiger partial charge in [0.1, 0.15) is 0 Å². The van der Waals surface area contributed by atoms with E-state index in [0.717, 1.165) is 6.20 Å². The van der Waals surface area contributed by atoms with E-state index >= 15 is 0 Å². The van der Waals surface area contributed by atoms with Crippen molar-refractivity contribution < 1.29 is 21.5 Å². The summed E-state index contributed by atoms with van der Waals surface area (Å²) in [6.45, 7) is 0. The average Bonchev–Trinajstić information content (AvgIpc) is 2.52. The molecule has 1 heterocycles. The highest BCUT2D eigenvalue weighted by Crippen LogP contribution is 2.46. The first-order valence-electron chi connectivity index (χ1n) is 4.26. The van der Waals surface area contributed by atoms with E-state index in [1.165, 1.54) is 0 Å². The molecule has 0 aliphatic heterocycles. The Labute approximate surface area is 71.9 Å². The Morgan fingerprint density at radius 1 is 1.75 bits per heavy atom. The van der Waals surface area contributed by atoms with Crippen LogP contribution in [0.1, 0.15) is 2.74 Å². The van der Waals surface area contributed by atoms with Crippen molar-refractivity contribution in [3.05, 3.63) is 6.20 Å². The highest BCUT2D eigenvalue weighted by molar-refractivity contribution is 7.62. The SMILES string of the molecule is [2H]COP(=O)(OC[2H])c1[nH]ncc1O. The highest BCUT2D eigenvalue weighted by Gasteiger charge is 2.29. The largest absolute Gasteiger partial charge is 0.504 e. The predicted octanol–water partition coefficient (Wildman–Crippen LogP) is 0.226. The first kappa shape index (κ1) is 6.65. The third kappa shape index (κ3) is 1.36. The molecule has 1 aromatic rings. The molecule has 0 saturated heterocycles. The van der Waals surface area contributed by atoms with E-state index in [4.69, 9.17) is 2.74 Å². The van der Waals surface area contributed by atoms with Crippen molar-refractivity contribution in [2.24, 2.45) is 0 Å². The predicted molar refractivity (Wildman–Crippen MR) is 41.5 cm³/mol. The maximum Gasteiger partial charge on any atom is 0.382 e. The summed E-state index contributed by atoms with van der Waals surface area (Å²) in [5, 5.41) is 14.8. The Balaban J connectivity index is 2.99. The molecular weight excluding hydrogens is 183 g/mol. The van der Waals surface area contributed by atoms with Gasteiger partial charge in [-0.25, -0.2) is 0 Å². The van der Waals surface area contributed by atoms with Crippen LogP contribution in [-0.2, 0) is 13.6 Å². The van der Waals surface area contributed by atoms with Crippen LogP contribution in [0.2, 0.25) is 0 Å². The minimum atomic E-state index is -3.80. The van der Waals surface area contributed by atoms with Gasteiger partial charge in [-0.1, -0.05) is 0 Å². The second-order valence-corrected chi connectivity index (χ2v) is 3.82. The van der Waals surface area contributed by atoms with Crippen LogP contribution in [0, 0.1) is 0 Å². The van der Waals surface area contributed by atoms with E-state index in [1.807, 2.05) is 0 Å². The zero-order valence-corrected chi connectivity index (χ0v) is 6.95. The smallest absolute Gasteiger partial charge is 0.382 e. The van der Waals surface area contributed by atoms with E-state index in [9.17, 15) is 9.67 Å². The fraction of sp³-hybridized carbons (Fsp3) is 0.400. The fourth-order valence-corrected chi connectivity index (χ4v) is 1.49. The zero-order chi connectivity index (χ0) is 10.6. The molecule has 0 bridgehead atoms. The molecular formula is C5H9N2O4P. The second kappa shape index (κ2) is 3.26. The molecule has 12 heavy (non-hydrogen) atoms. The maximum absolute atomic E-state index is 11.8. The molecule has 0 spiro atoms. The van der Waals surface area contributed by atoms with Crippen LogP contribution in [0.5, 0.6) is 5.75 Å². The van der Waals surface area contributed by atoms with Crippen LogP contribution >= 0.6 is 7.60 Å². The van der Waals surface area contributed by atoms with Crippen molar-refractivity contribution in [3.8, 4) is 5.75 Å². The lowest BCUT2D eigenvalue weighted by atomic mass is 10.7. The summed E-state index contributed by atoms with van der Waals surface area (Å²) in [6, 6.07) is 0. The molecule has 68 valence electrons. The Kier molecular flexibility index (Phi) is 1.81. The molecule has 7 heteroatoms. The number of rotatable bonds is 3. The summed E-state index contributed by atoms with van der Waals surface area (Å²) in [6.07, 6.45) is 1.03. The van der Waals surface area contributed by atoms with Crippen LogP contribution in [0.3, 0.4) is 0 Å². The van der Waals surface area contributed by atoms with Crippen molar-refractivity contribution in [1.82, 2.24) is 10.2 Å². The lowest BCUT2D eigenvalue weighted by Gasteiger charge is -2.10. The highest BCUT2D eigenvalue weighted by atomic mass is 31.2. The van der Waals surface area contributed by atoms with Gasteiger partial charge < -0.3 is 14.2 Å². The van der Waals surface area contributed by atoms with Gasteiger partial charge in [-0.15, -0.1) is 0 Å². The van der Waals surface area contributed by atoms with Crippen molar-refractivity contribution in [2.45, 2.75) is 0 Å². The molecule has 0 aromatic carbocycles. The molecule has 0 fully saturated rings. The summed E-state index contributed by atoms with van der Waals surface area (Å²) in [5.74, 6) is -0.379. The number of nitrogens with zero attached hydrogens (tertiary/aromatic N) is 1. The van der Waals surface area contributed by atoms with Crippen molar-refractivity contribution in [1.29, 1.82) is 0 Å². The molecule has 6 nitrogen and oxygen atoms in total. The van der Waals surface area contributed by atoms with E-state index in [-0.39, 0.29) is 11.2 Å². The Hall–Kier alpha value is -0.840. The standard InChI is InChI=1S/C5H9N2O4P/c1-10-12(9,11-2)5-4(8)3-6-7-5/h3,8H,1-2H3,(H,6,7)/i1D,2D. The lowest BCUT2D eigenvalue weighted by molar-refractivity contribution is 0.285. The molecule has 0 saturated carbocycles. The Bertz CT molecular complexity index is 334. The van der Waals surface area contributed by atoms with Gasteiger partial charge in [0.15, 0.2) is 11.2 Å². The lowest BCUT2D eigenvalue weighted by Crippen LogP contribution is -2.09.